The number of aliphatic hydroxyl groups is 18. The van der Waals surface area contributed by atoms with Gasteiger partial charge in [-0.15, -0.1) is 0 Å². The Bertz CT molecular complexity index is 1860. The number of rotatable bonds is 8. The van der Waals surface area contributed by atoms with Gasteiger partial charge in [0.05, 0.1) is 135 Å². The fraction of sp³-hybridized carbons (Fsp3) is 1.00. The van der Waals surface area contributed by atoms with Crippen molar-refractivity contribution in [1.82, 2.24) is 0 Å². The van der Waals surface area contributed by atoms with Gasteiger partial charge in [0.15, 0.2) is 6.29 Å². The summed E-state index contributed by atoms with van der Waals surface area (Å²) in [6.07, 6.45) is -32.3. The third kappa shape index (κ3) is 10.3. The first kappa shape index (κ1) is 56.4. The molecule has 0 bridgehead atoms. The number of fused-ring (bicyclic) bond motifs is 3. The minimum absolute atomic E-state index is 0.00814. The topological polar surface area (TPSA) is 410 Å². The Morgan fingerprint density at radius 1 is 0.324 bits per heavy atom. The molecule has 18 N–H and O–H groups in total. The van der Waals surface area contributed by atoms with Crippen LogP contribution in [0.2, 0.25) is 0 Å². The van der Waals surface area contributed by atoms with Crippen molar-refractivity contribution >= 4 is 0 Å². The molecule has 10 aliphatic rings. The van der Waals surface area contributed by atoms with Crippen molar-refractivity contribution in [3.05, 3.63) is 0 Å². The van der Waals surface area contributed by atoms with Crippen LogP contribution in [0.3, 0.4) is 0 Å². The van der Waals surface area contributed by atoms with Crippen molar-refractivity contribution in [2.24, 2.45) is 59.2 Å². The van der Waals surface area contributed by atoms with Crippen molar-refractivity contribution in [2.45, 2.75) is 249 Å². The normalized spacial score (nSPS) is 59.4. The van der Waals surface area contributed by atoms with E-state index in [-0.39, 0.29) is 77.0 Å². The van der Waals surface area contributed by atoms with Gasteiger partial charge in [-0.3, -0.25) is 0 Å². The summed E-state index contributed by atoms with van der Waals surface area (Å²) in [6, 6.07) is 0. The van der Waals surface area contributed by atoms with E-state index in [1.165, 1.54) is 0 Å². The van der Waals surface area contributed by atoms with Gasteiger partial charge in [0.2, 0.25) is 0 Å². The lowest BCUT2D eigenvalue weighted by Crippen LogP contribution is -2.72. The molecule has 4 heterocycles. The fourth-order valence-corrected chi connectivity index (χ4v) is 16.6. The van der Waals surface area contributed by atoms with Crippen molar-refractivity contribution < 1.29 is 116 Å². The van der Waals surface area contributed by atoms with Gasteiger partial charge in [0, 0.05) is 41.4 Å². The van der Waals surface area contributed by atoms with Crippen LogP contribution in [0.5, 0.6) is 0 Å². The SMILES string of the molecule is OC[C@H]1O[C@H](O[C@H]2CC3C(O)CC(O)C(C4C5C(O)CC(O)C(C6C(O)C(C7CCC(O)C(O)C7)OC7CC(O)CC(O)C76)C5O[C@H](C5CCC(O)C(O)C5)[C@@H]4O)C3O[C@H]2C2CCC(O)C(O)C2)[C@H](O)[C@@H](O)[C@@H]1O. The van der Waals surface area contributed by atoms with Crippen LogP contribution < -0.4 is 0 Å². The van der Waals surface area contributed by atoms with E-state index in [2.05, 4.69) is 0 Å². The smallest absolute Gasteiger partial charge is 0.187 e. The Morgan fingerprint density at radius 2 is 0.784 bits per heavy atom. The summed E-state index contributed by atoms with van der Waals surface area (Å²) in [7, 11) is 0. The molecule has 27 unspecified atom stereocenters. The van der Waals surface area contributed by atoms with E-state index >= 15 is 0 Å². The first-order valence-electron chi connectivity index (χ1n) is 27.6. The minimum Gasteiger partial charge on any atom is -0.394 e. The minimum atomic E-state index is -1.81. The van der Waals surface area contributed by atoms with Crippen LogP contribution in [0.15, 0.2) is 0 Å². The quantitative estimate of drug-likeness (QED) is 0.108. The first-order valence-corrected chi connectivity index (χ1v) is 27.6. The lowest BCUT2D eigenvalue weighted by molar-refractivity contribution is -0.343. The summed E-state index contributed by atoms with van der Waals surface area (Å²) >= 11 is 0. The van der Waals surface area contributed by atoms with Gasteiger partial charge in [-0.1, -0.05) is 0 Å². The second-order valence-corrected chi connectivity index (χ2v) is 24.5. The predicted molar refractivity (Wildman–Crippen MR) is 248 cm³/mol. The number of hydrogen-bond acceptors (Lipinski definition) is 23. The van der Waals surface area contributed by atoms with Crippen LogP contribution in [-0.4, -0.2) is 257 Å². The van der Waals surface area contributed by atoms with Gasteiger partial charge in [-0.2, -0.15) is 0 Å². The van der Waals surface area contributed by atoms with Gasteiger partial charge in [-0.05, 0) is 108 Å². The molecule has 10 rings (SSSR count). The molecule has 10 fully saturated rings. The predicted octanol–water partition coefficient (Wildman–Crippen LogP) is -5.77. The van der Waals surface area contributed by atoms with Crippen molar-refractivity contribution in [2.75, 3.05) is 6.61 Å². The second kappa shape index (κ2) is 22.6. The van der Waals surface area contributed by atoms with Crippen molar-refractivity contribution in [1.29, 1.82) is 0 Å². The maximum absolute atomic E-state index is 13.1. The summed E-state index contributed by atoms with van der Waals surface area (Å²) < 4.78 is 33.0. The number of aliphatic hydroxyl groups excluding tert-OH is 18. The Morgan fingerprint density at radius 3 is 1.31 bits per heavy atom. The van der Waals surface area contributed by atoms with Crippen LogP contribution in [-0.2, 0) is 23.7 Å². The van der Waals surface area contributed by atoms with Crippen molar-refractivity contribution in [3.63, 3.8) is 0 Å². The highest BCUT2D eigenvalue weighted by Gasteiger charge is 2.67. The molecule has 0 radical (unpaired) electrons. The summed E-state index contributed by atoms with van der Waals surface area (Å²) in [5.74, 6) is -9.13. The van der Waals surface area contributed by atoms with Gasteiger partial charge in [-0.25, -0.2) is 0 Å². The number of ether oxygens (including phenoxy) is 5. The zero-order chi connectivity index (χ0) is 52.9. The molecule has 74 heavy (non-hydrogen) atoms. The molecule has 6 saturated carbocycles. The van der Waals surface area contributed by atoms with Crippen LogP contribution in [0.25, 0.3) is 0 Å². The molecule has 0 aromatic rings. The maximum Gasteiger partial charge on any atom is 0.187 e. The summed E-state index contributed by atoms with van der Waals surface area (Å²) in [6.45, 7) is -0.736. The van der Waals surface area contributed by atoms with Crippen LogP contribution in [0.4, 0.5) is 0 Å². The molecular weight excluding hydrogens is 981 g/mol. The van der Waals surface area contributed by atoms with E-state index in [0.717, 1.165) is 0 Å². The van der Waals surface area contributed by atoms with Crippen LogP contribution in [0.1, 0.15) is 89.9 Å². The van der Waals surface area contributed by atoms with Gasteiger partial charge in [0.25, 0.3) is 0 Å². The fourth-order valence-electron chi connectivity index (χ4n) is 16.6. The largest absolute Gasteiger partial charge is 0.394 e. The Labute approximate surface area is 429 Å². The van der Waals surface area contributed by atoms with E-state index in [1.54, 1.807) is 0 Å². The standard InChI is InChI=1S/C51H84O23/c52-15-34-41(65)44(68)45(69)51(72-34)71-33-12-20-24(57)13-29(62)36(49(20)73-46(33)16-1-4-21(54)25(58)7-16)40-38-31(64)14-30(63)37(50(38)74-48(43(40)67)18-3-6-23(56)27(60)9-18)39-35-28(61)10-19(53)11-32(35)70-47(42(39)66)17-2-5-22(55)26(59)8-17/h16-69H,1-15H2/t16?,17?,18?,19?,20?,21?,22?,23?,24?,25?,26?,27?,28?,29?,30?,31?,32?,33-,34+,35?,36?,37?,38?,39?,40?,41+,42?,43+,44-,45+,46-,47?,48+,49?,50?,51-/m0/s1. The molecular formula is C51H84O23. The highest BCUT2D eigenvalue weighted by atomic mass is 16.7. The van der Waals surface area contributed by atoms with E-state index < -0.39 is 225 Å². The molecule has 426 valence electrons. The molecule has 23 heteroatoms. The molecule has 0 spiro atoms. The average molecular weight is 1070 g/mol. The Hall–Kier alpha value is -0.920. The molecule has 6 aliphatic carbocycles. The molecule has 4 aliphatic heterocycles. The summed E-state index contributed by atoms with van der Waals surface area (Å²) in [5, 5.41) is 205. The number of hydrogen-bond donors (Lipinski definition) is 18. The molecule has 36 atom stereocenters. The highest BCUT2D eigenvalue weighted by Crippen LogP contribution is 2.58. The zero-order valence-corrected chi connectivity index (χ0v) is 41.5. The lowest BCUT2D eigenvalue weighted by atomic mass is 9.52. The molecule has 0 amide bonds. The van der Waals surface area contributed by atoms with E-state index in [1.807, 2.05) is 0 Å². The maximum atomic E-state index is 13.1. The van der Waals surface area contributed by atoms with Crippen molar-refractivity contribution in [3.8, 4) is 0 Å². The second-order valence-electron chi connectivity index (χ2n) is 24.5. The van der Waals surface area contributed by atoms with Crippen LogP contribution in [0, 0.1) is 59.2 Å². The third-order valence-electron chi connectivity index (χ3n) is 20.3. The van der Waals surface area contributed by atoms with Gasteiger partial charge < -0.3 is 116 Å². The molecule has 0 aromatic heterocycles. The zero-order valence-electron chi connectivity index (χ0n) is 41.5. The third-order valence-corrected chi connectivity index (χ3v) is 20.3. The Balaban J connectivity index is 1.04. The van der Waals surface area contributed by atoms with Gasteiger partial charge in [0.1, 0.15) is 24.4 Å². The summed E-state index contributed by atoms with van der Waals surface area (Å²) in [4.78, 5) is 0. The van der Waals surface area contributed by atoms with Crippen LogP contribution >= 0.6 is 0 Å². The highest BCUT2D eigenvalue weighted by molar-refractivity contribution is 5.15. The molecule has 0 aromatic carbocycles. The monoisotopic (exact) mass is 1060 g/mol. The van der Waals surface area contributed by atoms with E-state index in [0.29, 0.717) is 12.8 Å². The average Bonchev–Trinajstić information content (AvgIpc) is 3.35. The Kier molecular flexibility index (Phi) is 17.2. The molecule has 23 nitrogen and oxygen atoms in total. The van der Waals surface area contributed by atoms with E-state index in [4.69, 9.17) is 23.7 Å². The van der Waals surface area contributed by atoms with E-state index in [9.17, 15) is 91.9 Å². The van der Waals surface area contributed by atoms with Gasteiger partial charge >= 0.3 is 0 Å². The molecule has 4 saturated heterocycles. The first-order chi connectivity index (χ1) is 35.2. The summed E-state index contributed by atoms with van der Waals surface area (Å²) in [5.41, 5.74) is 0. The lowest BCUT2D eigenvalue weighted by Gasteiger charge is -2.63.